The van der Waals surface area contributed by atoms with Crippen molar-refractivity contribution in [3.63, 3.8) is 0 Å². The number of aliphatic hydroxyl groups excluding tert-OH is 2. The fourth-order valence-corrected chi connectivity index (χ4v) is 9.38. The van der Waals surface area contributed by atoms with Crippen molar-refractivity contribution in [3.05, 3.63) is 97.2 Å². The Hall–Kier alpha value is -2.69. The molecule has 4 heteroatoms. The molecule has 0 aliphatic carbocycles. The van der Waals surface area contributed by atoms with Gasteiger partial charge in [0.1, 0.15) is 0 Å². The molecule has 416 valence electrons. The highest BCUT2D eigenvalue weighted by Crippen LogP contribution is 2.18. The summed E-state index contributed by atoms with van der Waals surface area (Å²) >= 11 is 0. The lowest BCUT2D eigenvalue weighted by atomic mass is 10.0. The van der Waals surface area contributed by atoms with Crippen LogP contribution < -0.4 is 5.32 Å². The van der Waals surface area contributed by atoms with E-state index in [2.05, 4.69) is 116 Å². The third kappa shape index (κ3) is 58.2. The van der Waals surface area contributed by atoms with E-state index in [9.17, 15) is 15.0 Å². The predicted octanol–water partition coefficient (Wildman–Crippen LogP) is 21.3. The molecule has 2 unspecified atom stereocenters. The molecule has 0 aromatic rings. The number of unbranched alkanes of at least 4 members (excludes halogenated alkanes) is 34. The van der Waals surface area contributed by atoms with Gasteiger partial charge < -0.3 is 15.5 Å². The summed E-state index contributed by atoms with van der Waals surface area (Å²) in [5.74, 6) is -0.0333. The second-order valence-electron chi connectivity index (χ2n) is 21.1. The Labute approximate surface area is 449 Å². The monoisotopic (exact) mass is 1000 g/mol. The molecule has 0 saturated heterocycles. The molecule has 0 aromatic carbocycles. The minimum absolute atomic E-state index is 0.0333. The number of carbonyl (C=O) groups is 1. The molecule has 2 atom stereocenters. The summed E-state index contributed by atoms with van der Waals surface area (Å²) in [4.78, 5) is 12.5. The molecule has 4 nitrogen and oxygen atoms in total. The average molecular weight is 1000 g/mol. The molecule has 72 heavy (non-hydrogen) atoms. The topological polar surface area (TPSA) is 69.6 Å². The highest BCUT2D eigenvalue weighted by molar-refractivity contribution is 5.76. The maximum Gasteiger partial charge on any atom is 0.220 e. The zero-order chi connectivity index (χ0) is 52.0. The van der Waals surface area contributed by atoms with Gasteiger partial charge in [-0.15, -0.1) is 0 Å². The van der Waals surface area contributed by atoms with E-state index in [0.29, 0.717) is 12.8 Å². The minimum Gasteiger partial charge on any atom is -0.394 e. The van der Waals surface area contributed by atoms with E-state index in [1.54, 1.807) is 0 Å². The van der Waals surface area contributed by atoms with Crippen LogP contribution in [0.5, 0.6) is 0 Å². The summed E-state index contributed by atoms with van der Waals surface area (Å²) in [5.41, 5.74) is 0. The lowest BCUT2D eigenvalue weighted by molar-refractivity contribution is -0.123. The van der Waals surface area contributed by atoms with Crippen LogP contribution in [0.1, 0.15) is 309 Å². The van der Waals surface area contributed by atoms with Gasteiger partial charge in [0.25, 0.3) is 0 Å². The highest BCUT2D eigenvalue weighted by atomic mass is 16.3. The smallest absolute Gasteiger partial charge is 0.220 e. The number of hydrogen-bond donors (Lipinski definition) is 3. The molecule has 0 spiro atoms. The summed E-state index contributed by atoms with van der Waals surface area (Å²) in [6, 6.07) is -0.544. The Morgan fingerprint density at radius 1 is 0.347 bits per heavy atom. The number of aliphatic hydroxyl groups is 2. The quantitative estimate of drug-likeness (QED) is 0.0420. The number of hydrogen-bond acceptors (Lipinski definition) is 3. The Balaban J connectivity index is 3.51. The first-order chi connectivity index (χ1) is 35.7. The van der Waals surface area contributed by atoms with Gasteiger partial charge in [-0.05, 0) is 77.0 Å². The largest absolute Gasteiger partial charge is 0.394 e. The first-order valence-corrected chi connectivity index (χ1v) is 31.4. The standard InChI is InChI=1S/C68H121NO3/c1-3-5-7-9-11-13-15-17-19-21-23-25-27-28-29-30-31-32-33-34-35-36-37-38-39-40-42-44-46-48-50-52-54-56-58-60-62-64-68(72)69-66(65-70)67(71)63-61-59-57-55-53-51-49-47-45-43-41-26-24-22-20-18-16-14-12-10-8-6-4-2/h5,7,11,13,17,19,23,25,28-29,31-32,34-35,37-38,66-67,70-71H,3-4,6,8-10,12,14-16,18,20-22,24,26-27,30,33,36,39-65H2,1-2H3,(H,69,72)/b7-5-,13-11-,19-17-,25-23-,29-28-,32-31-,35-34-,38-37-. The first kappa shape index (κ1) is 69.3. The van der Waals surface area contributed by atoms with Gasteiger partial charge in [0.2, 0.25) is 5.91 Å². The Bertz CT molecular complexity index is 1320. The molecule has 0 rings (SSSR count). The van der Waals surface area contributed by atoms with Crippen LogP contribution in [0.4, 0.5) is 0 Å². The lowest BCUT2D eigenvalue weighted by Gasteiger charge is -2.22. The minimum atomic E-state index is -0.666. The molecular weight excluding hydrogens is 879 g/mol. The van der Waals surface area contributed by atoms with E-state index in [1.165, 1.54) is 205 Å². The summed E-state index contributed by atoms with van der Waals surface area (Å²) in [7, 11) is 0. The summed E-state index contributed by atoms with van der Waals surface area (Å²) in [6.07, 6.45) is 92.7. The fourth-order valence-electron chi connectivity index (χ4n) is 9.38. The molecular formula is C68H121NO3. The Morgan fingerprint density at radius 2 is 0.611 bits per heavy atom. The third-order valence-electron chi connectivity index (χ3n) is 14.1. The van der Waals surface area contributed by atoms with Crippen LogP contribution in [0.25, 0.3) is 0 Å². The lowest BCUT2D eigenvalue weighted by Crippen LogP contribution is -2.45. The van der Waals surface area contributed by atoms with Crippen LogP contribution in [0.15, 0.2) is 97.2 Å². The summed E-state index contributed by atoms with van der Waals surface area (Å²) < 4.78 is 0. The van der Waals surface area contributed by atoms with Crippen molar-refractivity contribution in [1.29, 1.82) is 0 Å². The highest BCUT2D eigenvalue weighted by Gasteiger charge is 2.20. The number of carbonyl (C=O) groups excluding carboxylic acids is 1. The van der Waals surface area contributed by atoms with Crippen molar-refractivity contribution < 1.29 is 15.0 Å². The van der Waals surface area contributed by atoms with Crippen LogP contribution in [-0.2, 0) is 4.79 Å². The predicted molar refractivity (Wildman–Crippen MR) is 322 cm³/mol. The van der Waals surface area contributed by atoms with Gasteiger partial charge in [-0.1, -0.05) is 323 Å². The van der Waals surface area contributed by atoms with Crippen LogP contribution in [0, 0.1) is 0 Å². The molecule has 0 aromatic heterocycles. The Morgan fingerprint density at radius 3 is 0.917 bits per heavy atom. The first-order valence-electron chi connectivity index (χ1n) is 31.4. The molecule has 0 aliphatic rings. The number of amides is 1. The van der Waals surface area contributed by atoms with E-state index in [-0.39, 0.29) is 12.5 Å². The van der Waals surface area contributed by atoms with E-state index in [4.69, 9.17) is 0 Å². The molecule has 0 aliphatic heterocycles. The zero-order valence-corrected chi connectivity index (χ0v) is 47.9. The van der Waals surface area contributed by atoms with Gasteiger partial charge in [0.15, 0.2) is 0 Å². The Kier molecular flexibility index (Phi) is 60.3. The van der Waals surface area contributed by atoms with Gasteiger partial charge in [0.05, 0.1) is 18.8 Å². The zero-order valence-electron chi connectivity index (χ0n) is 47.9. The van der Waals surface area contributed by atoms with Gasteiger partial charge in [-0.3, -0.25) is 4.79 Å². The third-order valence-corrected chi connectivity index (χ3v) is 14.1. The van der Waals surface area contributed by atoms with Crippen LogP contribution in [-0.4, -0.2) is 34.9 Å². The molecule has 0 saturated carbocycles. The van der Waals surface area contributed by atoms with Crippen molar-refractivity contribution >= 4 is 5.91 Å². The number of nitrogens with one attached hydrogen (secondary N) is 1. The van der Waals surface area contributed by atoms with Crippen LogP contribution >= 0.6 is 0 Å². The van der Waals surface area contributed by atoms with Crippen molar-refractivity contribution in [2.45, 2.75) is 321 Å². The molecule has 0 heterocycles. The maximum absolute atomic E-state index is 12.5. The molecule has 0 radical (unpaired) electrons. The average Bonchev–Trinajstić information content (AvgIpc) is 3.39. The van der Waals surface area contributed by atoms with E-state index >= 15 is 0 Å². The van der Waals surface area contributed by atoms with Gasteiger partial charge in [-0.2, -0.15) is 0 Å². The molecule has 3 N–H and O–H groups in total. The van der Waals surface area contributed by atoms with Gasteiger partial charge in [-0.25, -0.2) is 0 Å². The van der Waals surface area contributed by atoms with Crippen molar-refractivity contribution in [3.8, 4) is 0 Å². The molecule has 1 amide bonds. The van der Waals surface area contributed by atoms with Crippen molar-refractivity contribution in [2.75, 3.05) is 6.61 Å². The maximum atomic E-state index is 12.5. The molecule has 0 fully saturated rings. The second kappa shape index (κ2) is 62.6. The SMILES string of the molecule is CC/C=C\C/C=C\C/C=C\C/C=C\C/C=C\C/C=C\C/C=C\C/C=C\CCCCCCCCCCCCCCC(=O)NC(CO)C(O)CCCCCCCCCCCCCCCCCCCCCCCCC. The summed E-state index contributed by atoms with van der Waals surface area (Å²) in [6.45, 7) is 4.27. The van der Waals surface area contributed by atoms with Crippen LogP contribution in [0.3, 0.4) is 0 Å². The van der Waals surface area contributed by atoms with Gasteiger partial charge in [0, 0.05) is 6.42 Å². The molecule has 0 bridgehead atoms. The summed E-state index contributed by atoms with van der Waals surface area (Å²) in [5, 5.41) is 23.4. The number of allylic oxidation sites excluding steroid dienone is 16. The van der Waals surface area contributed by atoms with E-state index < -0.39 is 12.1 Å². The van der Waals surface area contributed by atoms with E-state index in [1.807, 2.05) is 0 Å². The normalized spacial score (nSPS) is 13.4. The van der Waals surface area contributed by atoms with Crippen molar-refractivity contribution in [2.24, 2.45) is 0 Å². The van der Waals surface area contributed by atoms with Gasteiger partial charge >= 0.3 is 0 Å². The fraction of sp³-hybridized carbons (Fsp3) is 0.750. The van der Waals surface area contributed by atoms with E-state index in [0.717, 1.165) is 77.0 Å². The number of rotatable bonds is 57. The van der Waals surface area contributed by atoms with Crippen molar-refractivity contribution in [1.82, 2.24) is 5.32 Å². The second-order valence-corrected chi connectivity index (χ2v) is 21.1. The van der Waals surface area contributed by atoms with Crippen LogP contribution in [0.2, 0.25) is 0 Å².